The third kappa shape index (κ3) is 4.90. The van der Waals surface area contributed by atoms with Crippen molar-refractivity contribution in [1.82, 2.24) is 15.1 Å². The fourth-order valence-electron chi connectivity index (χ4n) is 5.97. The van der Waals surface area contributed by atoms with E-state index in [2.05, 4.69) is 11.4 Å². The summed E-state index contributed by atoms with van der Waals surface area (Å²) in [5.41, 5.74) is 4.29. The molecule has 3 heterocycles. The van der Waals surface area contributed by atoms with Crippen molar-refractivity contribution >= 4 is 68.3 Å². The van der Waals surface area contributed by atoms with E-state index in [0.29, 0.717) is 30.9 Å². The lowest BCUT2D eigenvalue weighted by Crippen LogP contribution is -2.55. The Morgan fingerprint density at radius 2 is 1.82 bits per heavy atom. The number of ether oxygens (including phenoxy) is 2. The molecule has 0 radical (unpaired) electrons. The number of carbonyl (C=O) groups is 4. The van der Waals surface area contributed by atoms with E-state index in [4.69, 9.17) is 9.47 Å². The van der Waals surface area contributed by atoms with E-state index in [1.165, 1.54) is 4.90 Å². The van der Waals surface area contributed by atoms with Gasteiger partial charge in [-0.25, -0.2) is 0 Å². The van der Waals surface area contributed by atoms with Gasteiger partial charge in [0, 0.05) is 29.4 Å². The summed E-state index contributed by atoms with van der Waals surface area (Å²) < 4.78 is 11.9. The molecule has 0 aromatic heterocycles. The number of hydrogen-bond acceptors (Lipinski definition) is 6. The SMILES string of the molecule is Bc1cc(C(B)(B)N2CCOCC2=O)ccc1C(B)(B)Oc1cccc2c1CN(C1CCC(=O)NC1=O)C2=O. The first-order valence-electron chi connectivity index (χ1n) is 13.4. The molecule has 2 fully saturated rings. The summed E-state index contributed by atoms with van der Waals surface area (Å²) in [7, 11) is 10.1. The third-order valence-corrected chi connectivity index (χ3v) is 8.15. The third-order valence-electron chi connectivity index (χ3n) is 8.15. The summed E-state index contributed by atoms with van der Waals surface area (Å²) in [4.78, 5) is 53.2. The summed E-state index contributed by atoms with van der Waals surface area (Å²) >= 11 is 0. The largest absolute Gasteiger partial charge is 0.501 e. The van der Waals surface area contributed by atoms with Gasteiger partial charge in [-0.15, -0.1) is 0 Å². The van der Waals surface area contributed by atoms with Gasteiger partial charge in [-0.2, -0.15) is 0 Å². The lowest BCUT2D eigenvalue weighted by molar-refractivity contribution is -0.145. The van der Waals surface area contributed by atoms with Gasteiger partial charge in [0.05, 0.1) is 18.6 Å². The average molecular weight is 523 g/mol. The zero-order chi connectivity index (χ0) is 28.1. The molecule has 2 aromatic carbocycles. The lowest BCUT2D eigenvalue weighted by atomic mass is 9.54. The van der Waals surface area contributed by atoms with Crippen molar-refractivity contribution in [3.8, 4) is 5.75 Å². The molecule has 3 aliphatic rings. The number of imide groups is 1. The molecule has 196 valence electrons. The second kappa shape index (κ2) is 9.97. The second-order valence-electron chi connectivity index (χ2n) is 11.5. The summed E-state index contributed by atoms with van der Waals surface area (Å²) in [6.07, 6.45) is 0.517. The molecule has 3 aliphatic heterocycles. The van der Waals surface area contributed by atoms with Crippen molar-refractivity contribution in [3.63, 3.8) is 0 Å². The van der Waals surface area contributed by atoms with E-state index >= 15 is 0 Å². The molecular formula is C25H30B5N3O6. The van der Waals surface area contributed by atoms with Crippen LogP contribution in [0.25, 0.3) is 0 Å². The molecule has 2 saturated heterocycles. The fraction of sp³-hybridized carbons (Fsp3) is 0.360. The second-order valence-corrected chi connectivity index (χ2v) is 11.5. The van der Waals surface area contributed by atoms with Crippen LogP contribution in [0.3, 0.4) is 0 Å². The molecule has 5 rings (SSSR count). The van der Waals surface area contributed by atoms with Crippen molar-refractivity contribution in [2.75, 3.05) is 19.8 Å². The normalized spacial score (nSPS) is 20.2. The van der Waals surface area contributed by atoms with Crippen molar-refractivity contribution in [2.24, 2.45) is 0 Å². The van der Waals surface area contributed by atoms with Crippen LogP contribution in [0.5, 0.6) is 5.75 Å². The summed E-state index contributed by atoms with van der Waals surface area (Å²) in [6, 6.07) is 10.9. The molecule has 9 nitrogen and oxygen atoms in total. The van der Waals surface area contributed by atoms with Crippen molar-refractivity contribution < 1.29 is 28.7 Å². The van der Waals surface area contributed by atoms with Gasteiger partial charge < -0.3 is 19.3 Å². The Bertz CT molecular complexity index is 1380. The molecule has 14 heteroatoms. The minimum absolute atomic E-state index is 0.0181. The Kier molecular flexibility index (Phi) is 6.95. The molecule has 1 atom stereocenters. The maximum absolute atomic E-state index is 13.2. The van der Waals surface area contributed by atoms with E-state index in [1.54, 1.807) is 12.1 Å². The Morgan fingerprint density at radius 3 is 2.51 bits per heavy atom. The molecule has 2 aromatic rings. The molecule has 0 aliphatic carbocycles. The number of rotatable bonds is 6. The van der Waals surface area contributed by atoms with Crippen LogP contribution < -0.4 is 15.5 Å². The zero-order valence-electron chi connectivity index (χ0n) is 23.1. The summed E-state index contributed by atoms with van der Waals surface area (Å²) in [5, 5.41) is 1.12. The zero-order valence-corrected chi connectivity index (χ0v) is 23.1. The Hall–Kier alpha value is -3.40. The van der Waals surface area contributed by atoms with Crippen LogP contribution in [0.4, 0.5) is 0 Å². The Balaban J connectivity index is 1.39. The molecule has 0 bridgehead atoms. The molecule has 0 spiro atoms. The molecule has 1 unspecified atom stereocenters. The number of piperidine rings is 1. The van der Waals surface area contributed by atoms with Gasteiger partial charge in [-0.05, 0) is 29.7 Å². The van der Waals surface area contributed by atoms with E-state index < -0.39 is 22.7 Å². The van der Waals surface area contributed by atoms with Crippen LogP contribution in [0.1, 0.15) is 39.9 Å². The number of hydrogen-bond donors (Lipinski definition) is 1. The molecule has 0 saturated carbocycles. The topological polar surface area (TPSA) is 105 Å². The van der Waals surface area contributed by atoms with E-state index in [0.717, 1.165) is 22.2 Å². The maximum atomic E-state index is 13.2. The highest BCUT2D eigenvalue weighted by Gasteiger charge is 2.41. The monoisotopic (exact) mass is 523 g/mol. The van der Waals surface area contributed by atoms with Gasteiger partial charge in [0.15, 0.2) is 15.7 Å². The van der Waals surface area contributed by atoms with Gasteiger partial charge in [0.25, 0.3) is 5.91 Å². The number of carbonyl (C=O) groups excluding carboxylic acids is 4. The fourth-order valence-corrected chi connectivity index (χ4v) is 5.97. The quantitative estimate of drug-likeness (QED) is 0.303. The van der Waals surface area contributed by atoms with Crippen LogP contribution in [-0.2, 0) is 36.4 Å². The van der Waals surface area contributed by atoms with Crippen molar-refractivity contribution in [1.29, 1.82) is 0 Å². The maximum Gasteiger partial charge on any atom is 0.255 e. The highest BCUT2D eigenvalue weighted by molar-refractivity contribution is 6.43. The minimum Gasteiger partial charge on any atom is -0.501 e. The molecular weight excluding hydrogens is 492 g/mol. The van der Waals surface area contributed by atoms with Gasteiger partial charge in [-0.1, -0.05) is 29.7 Å². The predicted octanol–water partition coefficient (Wildman–Crippen LogP) is -4.60. The first kappa shape index (κ1) is 27.2. The Morgan fingerprint density at radius 1 is 1.05 bits per heavy atom. The number of nitrogens with one attached hydrogen (secondary N) is 1. The van der Waals surface area contributed by atoms with E-state index in [1.807, 2.05) is 62.3 Å². The van der Waals surface area contributed by atoms with Crippen LogP contribution in [0.15, 0.2) is 36.4 Å². The first-order chi connectivity index (χ1) is 18.4. The minimum atomic E-state index is -0.734. The van der Waals surface area contributed by atoms with Crippen LogP contribution in [-0.4, -0.2) is 98.5 Å². The number of fused-ring (bicyclic) bond motifs is 1. The van der Waals surface area contributed by atoms with Gasteiger partial charge >= 0.3 is 0 Å². The van der Waals surface area contributed by atoms with Crippen molar-refractivity contribution in [3.05, 3.63) is 58.7 Å². The first-order valence-corrected chi connectivity index (χ1v) is 13.4. The number of amides is 4. The van der Waals surface area contributed by atoms with Gasteiger partial charge in [-0.3, -0.25) is 24.5 Å². The highest BCUT2D eigenvalue weighted by Crippen LogP contribution is 2.36. The van der Waals surface area contributed by atoms with Crippen molar-refractivity contribution in [2.45, 2.75) is 36.2 Å². The Labute approximate surface area is 232 Å². The standard InChI is InChI=1S/C25H30B5N3O6/c26-17-10-13(24(27,28)33-8-9-38-12-21(33)35)4-5-16(17)25(29,30)39-19-3-1-2-14-15(19)11-32(23(14)37)18-6-7-20(34)31-22(18)36/h1-5,10,18H,6-9,11-12,26-30H2,(H,31,34,36). The lowest BCUT2D eigenvalue weighted by Gasteiger charge is -2.42. The molecule has 39 heavy (non-hydrogen) atoms. The summed E-state index contributed by atoms with van der Waals surface area (Å²) in [6.45, 7) is 1.42. The highest BCUT2D eigenvalue weighted by atomic mass is 16.5. The molecule has 1 N–H and O–H groups in total. The van der Waals surface area contributed by atoms with E-state index in [-0.39, 0.29) is 37.3 Å². The number of nitrogens with zero attached hydrogens (tertiary/aromatic N) is 2. The van der Waals surface area contributed by atoms with Gasteiger partial charge in [0.2, 0.25) is 17.7 Å². The summed E-state index contributed by atoms with van der Waals surface area (Å²) in [5.74, 6) is -0.415. The average Bonchev–Trinajstić information content (AvgIpc) is 3.21. The number of benzene rings is 2. The predicted molar refractivity (Wildman–Crippen MR) is 158 cm³/mol. The number of morpholine rings is 1. The van der Waals surface area contributed by atoms with Gasteiger partial charge in [0.1, 0.15) is 41.9 Å². The van der Waals surface area contributed by atoms with E-state index in [9.17, 15) is 19.2 Å². The molecule has 4 amide bonds. The van der Waals surface area contributed by atoms with Crippen LogP contribution >= 0.6 is 0 Å². The van der Waals surface area contributed by atoms with Crippen LogP contribution in [0, 0.1) is 0 Å². The van der Waals surface area contributed by atoms with Crippen LogP contribution in [0.2, 0.25) is 0 Å². The smallest absolute Gasteiger partial charge is 0.255 e.